The van der Waals surface area contributed by atoms with Crippen LogP contribution in [-0.2, 0) is 0 Å². The monoisotopic (exact) mass is 297 g/mol. The molecule has 1 aromatic rings. The number of anilines is 3. The molecule has 2 heterocycles. The smallest absolute Gasteiger partial charge is 0.243 e. The van der Waals surface area contributed by atoms with E-state index in [2.05, 4.69) is 44.0 Å². The van der Waals surface area contributed by atoms with Crippen LogP contribution in [0.15, 0.2) is 0 Å². The lowest BCUT2D eigenvalue weighted by molar-refractivity contribution is 0.676. The van der Waals surface area contributed by atoms with Crippen molar-refractivity contribution in [3.05, 3.63) is 0 Å². The van der Waals surface area contributed by atoms with Gasteiger partial charge in [0.2, 0.25) is 17.8 Å². The number of rotatable bonds is 6. The molecule has 8 heteroatoms. The van der Waals surface area contributed by atoms with E-state index < -0.39 is 0 Å². The van der Waals surface area contributed by atoms with Gasteiger partial charge in [0.1, 0.15) is 0 Å². The van der Waals surface area contributed by atoms with Gasteiger partial charge in [-0.2, -0.15) is 26.7 Å². The summed E-state index contributed by atoms with van der Waals surface area (Å²) in [4.78, 5) is 17.5. The molecule has 0 aliphatic carbocycles. The molecule has 1 saturated heterocycles. The number of hydrazine groups is 1. The maximum absolute atomic E-state index is 5.48. The van der Waals surface area contributed by atoms with Gasteiger partial charge in [-0.1, -0.05) is 0 Å². The zero-order valence-corrected chi connectivity index (χ0v) is 13.2. The van der Waals surface area contributed by atoms with E-state index in [0.29, 0.717) is 23.9 Å². The van der Waals surface area contributed by atoms with Crippen molar-refractivity contribution in [3.8, 4) is 0 Å². The molecule has 1 aliphatic heterocycles. The Labute approximate surface area is 124 Å². The second kappa shape index (κ2) is 6.94. The van der Waals surface area contributed by atoms with E-state index in [0.717, 1.165) is 18.8 Å². The van der Waals surface area contributed by atoms with Crippen molar-refractivity contribution in [2.45, 2.75) is 26.3 Å². The molecule has 2 rings (SSSR count). The Hall–Kier alpha value is -1.28. The second-order valence-electron chi connectivity index (χ2n) is 4.70. The first kappa shape index (κ1) is 15.1. The number of nitrogens with zero attached hydrogens (tertiary/aromatic N) is 5. The average molecular weight is 297 g/mol. The van der Waals surface area contributed by atoms with Crippen molar-refractivity contribution in [2.75, 3.05) is 46.9 Å². The molecule has 1 fully saturated rings. The highest BCUT2D eigenvalue weighted by Crippen LogP contribution is 2.25. The molecular formula is C12H23N7S. The average Bonchev–Trinajstić information content (AvgIpc) is 3.01. The molecule has 7 nitrogen and oxygen atoms in total. The van der Waals surface area contributed by atoms with E-state index >= 15 is 0 Å². The molecular weight excluding hydrogens is 274 g/mol. The summed E-state index contributed by atoms with van der Waals surface area (Å²) in [5.41, 5.74) is 2.54. The number of thioether (sulfide) groups is 1. The molecule has 1 aliphatic rings. The lowest BCUT2D eigenvalue weighted by Gasteiger charge is -2.26. The van der Waals surface area contributed by atoms with Gasteiger partial charge in [-0.15, -0.1) is 0 Å². The third kappa shape index (κ3) is 3.24. The Morgan fingerprint density at radius 1 is 1.25 bits per heavy atom. The van der Waals surface area contributed by atoms with Crippen molar-refractivity contribution in [1.82, 2.24) is 15.0 Å². The summed E-state index contributed by atoms with van der Waals surface area (Å²) in [6.45, 7) is 5.87. The number of nitrogen functional groups attached to an aromatic ring is 1. The highest BCUT2D eigenvalue weighted by atomic mass is 32.2. The van der Waals surface area contributed by atoms with Crippen molar-refractivity contribution in [3.63, 3.8) is 0 Å². The molecule has 1 aromatic heterocycles. The van der Waals surface area contributed by atoms with E-state index in [-0.39, 0.29) is 0 Å². The fourth-order valence-electron chi connectivity index (χ4n) is 2.21. The SMILES string of the molecule is CCN(CC)c1nc(NN)nc(N(C)C2CCSC2)n1. The molecule has 0 amide bonds. The minimum atomic E-state index is 0.411. The van der Waals surface area contributed by atoms with Crippen molar-refractivity contribution in [2.24, 2.45) is 5.84 Å². The lowest BCUT2D eigenvalue weighted by Crippen LogP contribution is -2.34. The van der Waals surface area contributed by atoms with Crippen LogP contribution in [0.3, 0.4) is 0 Å². The number of hydrogen-bond acceptors (Lipinski definition) is 8. The summed E-state index contributed by atoms with van der Waals surface area (Å²) >= 11 is 1.97. The van der Waals surface area contributed by atoms with Gasteiger partial charge >= 0.3 is 0 Å². The number of aromatic nitrogens is 3. The molecule has 0 spiro atoms. The fourth-order valence-corrected chi connectivity index (χ4v) is 3.48. The Kier molecular flexibility index (Phi) is 5.24. The summed E-state index contributed by atoms with van der Waals surface area (Å²) in [5, 5.41) is 0. The van der Waals surface area contributed by atoms with Gasteiger partial charge < -0.3 is 9.80 Å². The summed E-state index contributed by atoms with van der Waals surface area (Å²) in [6, 6.07) is 0.484. The Bertz CT molecular complexity index is 432. The van der Waals surface area contributed by atoms with Gasteiger partial charge in [-0.05, 0) is 26.0 Å². The summed E-state index contributed by atoms with van der Waals surface area (Å²) < 4.78 is 0. The first-order valence-corrected chi connectivity index (χ1v) is 8.13. The van der Waals surface area contributed by atoms with Crippen molar-refractivity contribution < 1.29 is 0 Å². The van der Waals surface area contributed by atoms with Crippen LogP contribution in [0.4, 0.5) is 17.8 Å². The Balaban J connectivity index is 2.29. The van der Waals surface area contributed by atoms with Gasteiger partial charge in [-0.25, -0.2) is 5.84 Å². The normalized spacial score (nSPS) is 18.1. The van der Waals surface area contributed by atoms with Crippen LogP contribution < -0.4 is 21.1 Å². The fraction of sp³-hybridized carbons (Fsp3) is 0.750. The van der Waals surface area contributed by atoms with Gasteiger partial charge in [0.15, 0.2) is 0 Å². The maximum Gasteiger partial charge on any atom is 0.243 e. The van der Waals surface area contributed by atoms with Crippen LogP contribution in [0.2, 0.25) is 0 Å². The zero-order chi connectivity index (χ0) is 14.5. The highest BCUT2D eigenvalue weighted by molar-refractivity contribution is 7.99. The first-order chi connectivity index (χ1) is 9.69. The highest BCUT2D eigenvalue weighted by Gasteiger charge is 2.23. The molecule has 112 valence electrons. The number of nitrogens with one attached hydrogen (secondary N) is 1. The number of nitrogens with two attached hydrogens (primary N) is 1. The third-order valence-corrected chi connectivity index (χ3v) is 4.70. The van der Waals surface area contributed by atoms with Crippen LogP contribution in [0.5, 0.6) is 0 Å². The van der Waals surface area contributed by atoms with Crippen LogP contribution in [0, 0.1) is 0 Å². The second-order valence-corrected chi connectivity index (χ2v) is 5.85. The summed E-state index contributed by atoms with van der Waals surface area (Å²) in [5.74, 6) is 9.56. The van der Waals surface area contributed by atoms with Crippen molar-refractivity contribution >= 4 is 29.6 Å². The zero-order valence-electron chi connectivity index (χ0n) is 12.3. The van der Waals surface area contributed by atoms with Crippen LogP contribution in [-0.4, -0.2) is 52.6 Å². The molecule has 1 unspecified atom stereocenters. The summed E-state index contributed by atoms with van der Waals surface area (Å²) in [6.07, 6.45) is 1.17. The van der Waals surface area contributed by atoms with Crippen molar-refractivity contribution in [1.29, 1.82) is 0 Å². The standard InChI is InChI=1S/C12H23N7S/c1-4-19(5-2)12-15-10(17-13)14-11(16-12)18(3)9-6-7-20-8-9/h9H,4-8,13H2,1-3H3,(H,14,15,16,17). The molecule has 1 atom stereocenters. The van der Waals surface area contributed by atoms with E-state index in [1.54, 1.807) is 0 Å². The van der Waals surface area contributed by atoms with E-state index in [1.807, 2.05) is 18.8 Å². The topological polar surface area (TPSA) is 83.2 Å². The van der Waals surface area contributed by atoms with Gasteiger partial charge in [0.25, 0.3) is 0 Å². The van der Waals surface area contributed by atoms with Crippen LogP contribution in [0.25, 0.3) is 0 Å². The molecule has 0 radical (unpaired) electrons. The predicted octanol–water partition coefficient (Wildman–Crippen LogP) is 0.945. The van der Waals surface area contributed by atoms with Gasteiger partial charge in [0, 0.05) is 31.9 Å². The lowest BCUT2D eigenvalue weighted by atomic mass is 10.2. The molecule has 0 bridgehead atoms. The third-order valence-electron chi connectivity index (χ3n) is 3.56. The van der Waals surface area contributed by atoms with E-state index in [1.165, 1.54) is 12.2 Å². The molecule has 0 aromatic carbocycles. The Morgan fingerprint density at radius 2 is 1.95 bits per heavy atom. The quantitative estimate of drug-likeness (QED) is 0.593. The maximum atomic E-state index is 5.48. The minimum Gasteiger partial charge on any atom is -0.341 e. The first-order valence-electron chi connectivity index (χ1n) is 6.97. The molecule has 0 saturated carbocycles. The van der Waals surface area contributed by atoms with Crippen LogP contribution in [0.1, 0.15) is 20.3 Å². The largest absolute Gasteiger partial charge is 0.341 e. The van der Waals surface area contributed by atoms with Gasteiger partial charge in [-0.3, -0.25) is 5.43 Å². The predicted molar refractivity (Wildman–Crippen MR) is 85.3 cm³/mol. The Morgan fingerprint density at radius 3 is 2.50 bits per heavy atom. The van der Waals surface area contributed by atoms with Gasteiger partial charge in [0.05, 0.1) is 0 Å². The molecule has 3 N–H and O–H groups in total. The molecule has 20 heavy (non-hydrogen) atoms. The minimum absolute atomic E-state index is 0.411. The number of hydrogen-bond donors (Lipinski definition) is 2. The van der Waals surface area contributed by atoms with E-state index in [4.69, 9.17) is 5.84 Å². The van der Waals surface area contributed by atoms with Crippen LogP contribution >= 0.6 is 11.8 Å². The summed E-state index contributed by atoms with van der Waals surface area (Å²) in [7, 11) is 2.04. The van der Waals surface area contributed by atoms with E-state index in [9.17, 15) is 0 Å².